The smallest absolute Gasteiger partial charge is 0.356 e. The number of nitrogens with zero attached hydrogens (tertiary/aromatic N) is 1. The highest BCUT2D eigenvalue weighted by Crippen LogP contribution is 2.43. The molecule has 0 atom stereocenters. The minimum Gasteiger partial charge on any atom is -0.496 e. The zero-order chi connectivity index (χ0) is 15.6. The first-order chi connectivity index (χ1) is 10.0. The van der Waals surface area contributed by atoms with Crippen molar-refractivity contribution in [1.29, 1.82) is 0 Å². The van der Waals surface area contributed by atoms with E-state index in [0.717, 1.165) is 11.3 Å². The van der Waals surface area contributed by atoms with Crippen molar-refractivity contribution in [2.45, 2.75) is 0 Å². The van der Waals surface area contributed by atoms with Crippen LogP contribution in [0, 0.1) is 0 Å². The largest absolute Gasteiger partial charge is 0.496 e. The lowest BCUT2D eigenvalue weighted by Gasteiger charge is -2.13. The van der Waals surface area contributed by atoms with Crippen LogP contribution in [0.3, 0.4) is 0 Å². The Balaban J connectivity index is 2.70. The predicted octanol–water partition coefficient (Wildman–Crippen LogP) is 2.12. The van der Waals surface area contributed by atoms with E-state index in [1.165, 1.54) is 21.3 Å². The van der Waals surface area contributed by atoms with Gasteiger partial charge in [-0.2, -0.15) is 0 Å². The SMILES string of the molecule is COc1cc(OC)c(-c2sc(N)nc2C(=O)O)cc1OC. The third-order valence-electron chi connectivity index (χ3n) is 2.80. The number of benzene rings is 1. The molecule has 3 N–H and O–H groups in total. The average Bonchev–Trinajstić information content (AvgIpc) is 2.87. The Bertz CT molecular complexity index is 683. The van der Waals surface area contributed by atoms with Gasteiger partial charge in [0.2, 0.25) is 0 Å². The Morgan fingerprint density at radius 1 is 1.14 bits per heavy atom. The molecule has 2 aromatic rings. The Labute approximate surface area is 124 Å². The molecule has 0 bridgehead atoms. The predicted molar refractivity (Wildman–Crippen MR) is 78.6 cm³/mol. The second-order valence-corrected chi connectivity index (χ2v) is 4.97. The molecule has 1 aromatic carbocycles. The molecule has 0 saturated carbocycles. The van der Waals surface area contributed by atoms with Gasteiger partial charge in [0, 0.05) is 11.6 Å². The van der Waals surface area contributed by atoms with Gasteiger partial charge >= 0.3 is 5.97 Å². The van der Waals surface area contributed by atoms with E-state index in [0.29, 0.717) is 27.7 Å². The highest BCUT2D eigenvalue weighted by molar-refractivity contribution is 7.19. The van der Waals surface area contributed by atoms with Crippen molar-refractivity contribution in [3.05, 3.63) is 17.8 Å². The normalized spacial score (nSPS) is 10.2. The number of thiazole rings is 1. The number of hydrogen-bond acceptors (Lipinski definition) is 7. The summed E-state index contributed by atoms with van der Waals surface area (Å²) in [6.07, 6.45) is 0. The number of nitrogen functional groups attached to an aromatic ring is 1. The summed E-state index contributed by atoms with van der Waals surface area (Å²) in [4.78, 5) is 15.5. The molecule has 0 aliphatic carbocycles. The van der Waals surface area contributed by atoms with Crippen LogP contribution in [0.15, 0.2) is 12.1 Å². The molecule has 0 saturated heterocycles. The average molecular weight is 310 g/mol. The van der Waals surface area contributed by atoms with Gasteiger partial charge in [-0.25, -0.2) is 9.78 Å². The number of nitrogens with two attached hydrogens (primary N) is 1. The van der Waals surface area contributed by atoms with E-state index in [1.807, 2.05) is 0 Å². The second-order valence-electron chi connectivity index (χ2n) is 3.94. The number of rotatable bonds is 5. The maximum absolute atomic E-state index is 11.3. The van der Waals surface area contributed by atoms with Crippen LogP contribution in [0.4, 0.5) is 5.13 Å². The molecule has 0 spiro atoms. The molecule has 1 aromatic heterocycles. The van der Waals surface area contributed by atoms with Crippen LogP contribution in [-0.2, 0) is 0 Å². The molecule has 21 heavy (non-hydrogen) atoms. The number of carboxylic acids is 1. The van der Waals surface area contributed by atoms with Crippen LogP contribution >= 0.6 is 11.3 Å². The van der Waals surface area contributed by atoms with E-state index in [-0.39, 0.29) is 10.8 Å². The van der Waals surface area contributed by atoms with E-state index in [1.54, 1.807) is 12.1 Å². The fraction of sp³-hybridized carbons (Fsp3) is 0.231. The topological polar surface area (TPSA) is 104 Å². The molecule has 0 unspecified atom stereocenters. The highest BCUT2D eigenvalue weighted by atomic mass is 32.1. The second kappa shape index (κ2) is 5.88. The number of aromatic carboxylic acids is 1. The summed E-state index contributed by atoms with van der Waals surface area (Å²) in [5, 5.41) is 9.39. The lowest BCUT2D eigenvalue weighted by atomic mass is 10.1. The van der Waals surface area contributed by atoms with Gasteiger partial charge < -0.3 is 25.1 Å². The maximum atomic E-state index is 11.3. The summed E-state index contributed by atoms with van der Waals surface area (Å²) in [5.41, 5.74) is 6.03. The van der Waals surface area contributed by atoms with Crippen molar-refractivity contribution in [2.24, 2.45) is 0 Å². The van der Waals surface area contributed by atoms with E-state index in [4.69, 9.17) is 19.9 Å². The lowest BCUT2D eigenvalue weighted by Crippen LogP contribution is -2.00. The van der Waals surface area contributed by atoms with Gasteiger partial charge in [-0.3, -0.25) is 0 Å². The molecule has 1 heterocycles. The molecule has 2 rings (SSSR count). The highest BCUT2D eigenvalue weighted by Gasteiger charge is 2.22. The van der Waals surface area contributed by atoms with Gasteiger partial charge in [0.1, 0.15) is 5.75 Å². The minimum atomic E-state index is -1.16. The summed E-state index contributed by atoms with van der Waals surface area (Å²) in [5.74, 6) is 0.220. The lowest BCUT2D eigenvalue weighted by molar-refractivity contribution is 0.0692. The first kappa shape index (κ1) is 14.9. The molecule has 0 aliphatic rings. The van der Waals surface area contributed by atoms with Gasteiger partial charge in [0.05, 0.1) is 26.2 Å². The summed E-state index contributed by atoms with van der Waals surface area (Å²) < 4.78 is 15.7. The zero-order valence-corrected chi connectivity index (χ0v) is 12.5. The Kier molecular flexibility index (Phi) is 4.18. The van der Waals surface area contributed by atoms with Crippen LogP contribution in [0.1, 0.15) is 10.5 Å². The molecule has 0 aliphatic heterocycles. The van der Waals surface area contributed by atoms with E-state index < -0.39 is 5.97 Å². The minimum absolute atomic E-state index is 0.122. The number of hydrogen-bond donors (Lipinski definition) is 2. The molecule has 0 radical (unpaired) electrons. The monoisotopic (exact) mass is 310 g/mol. The molecular formula is C13H14N2O5S. The summed E-state index contributed by atoms with van der Waals surface area (Å²) >= 11 is 1.07. The number of carboxylic acid groups (broad SMARTS) is 1. The van der Waals surface area contributed by atoms with Gasteiger partial charge in [-0.1, -0.05) is 11.3 Å². The van der Waals surface area contributed by atoms with E-state index in [9.17, 15) is 9.90 Å². The first-order valence-corrected chi connectivity index (χ1v) is 6.63. The summed E-state index contributed by atoms with van der Waals surface area (Å²) in [6.45, 7) is 0. The van der Waals surface area contributed by atoms with Crippen LogP contribution in [0.25, 0.3) is 10.4 Å². The van der Waals surface area contributed by atoms with Crippen molar-refractivity contribution in [3.63, 3.8) is 0 Å². The maximum Gasteiger partial charge on any atom is 0.356 e. The molecule has 112 valence electrons. The summed E-state index contributed by atoms with van der Waals surface area (Å²) in [7, 11) is 4.48. The van der Waals surface area contributed by atoms with Crippen molar-refractivity contribution in [2.75, 3.05) is 27.1 Å². The van der Waals surface area contributed by atoms with Gasteiger partial charge in [0.25, 0.3) is 0 Å². The van der Waals surface area contributed by atoms with Gasteiger partial charge in [-0.05, 0) is 6.07 Å². The van der Waals surface area contributed by atoms with E-state index in [2.05, 4.69) is 4.98 Å². The number of carbonyl (C=O) groups is 1. The Hall–Kier alpha value is -2.48. The van der Waals surface area contributed by atoms with Crippen LogP contribution in [-0.4, -0.2) is 37.4 Å². The molecule has 0 amide bonds. The number of methoxy groups -OCH3 is 3. The molecule has 8 heteroatoms. The summed E-state index contributed by atoms with van der Waals surface area (Å²) in [6, 6.07) is 3.26. The van der Waals surface area contributed by atoms with Crippen molar-refractivity contribution in [3.8, 4) is 27.7 Å². The van der Waals surface area contributed by atoms with Crippen LogP contribution < -0.4 is 19.9 Å². The standard InChI is InChI=1S/C13H14N2O5S/c1-18-7-5-9(20-3)8(19-2)4-6(7)11-10(12(16)17)15-13(14)21-11/h4-5H,1-3H3,(H2,14,15)(H,16,17). The number of ether oxygens (including phenoxy) is 3. The first-order valence-electron chi connectivity index (χ1n) is 5.81. The molecule has 7 nitrogen and oxygen atoms in total. The fourth-order valence-electron chi connectivity index (χ4n) is 1.87. The quantitative estimate of drug-likeness (QED) is 0.871. The van der Waals surface area contributed by atoms with Crippen molar-refractivity contribution in [1.82, 2.24) is 4.98 Å². The molecule has 0 fully saturated rings. The van der Waals surface area contributed by atoms with Crippen molar-refractivity contribution < 1.29 is 24.1 Å². The Morgan fingerprint density at radius 2 is 1.71 bits per heavy atom. The van der Waals surface area contributed by atoms with Crippen LogP contribution in [0.5, 0.6) is 17.2 Å². The number of anilines is 1. The zero-order valence-electron chi connectivity index (χ0n) is 11.7. The van der Waals surface area contributed by atoms with Crippen molar-refractivity contribution >= 4 is 22.4 Å². The fourth-order valence-corrected chi connectivity index (χ4v) is 2.72. The third kappa shape index (κ3) is 2.70. The Morgan fingerprint density at radius 3 is 2.24 bits per heavy atom. The van der Waals surface area contributed by atoms with Gasteiger partial charge in [0.15, 0.2) is 22.3 Å². The number of aromatic nitrogens is 1. The molecular weight excluding hydrogens is 296 g/mol. The third-order valence-corrected chi connectivity index (χ3v) is 3.71. The van der Waals surface area contributed by atoms with Crippen LogP contribution in [0.2, 0.25) is 0 Å². The van der Waals surface area contributed by atoms with E-state index >= 15 is 0 Å². The van der Waals surface area contributed by atoms with Gasteiger partial charge in [-0.15, -0.1) is 0 Å².